The largest absolute Gasteiger partial charge is 0.482 e. The lowest BCUT2D eigenvalue weighted by atomic mass is 9.69. The van der Waals surface area contributed by atoms with Gasteiger partial charge in [0, 0.05) is 12.1 Å². The number of rotatable bonds is 3. The highest BCUT2D eigenvalue weighted by molar-refractivity contribution is 7.89. The summed E-state index contributed by atoms with van der Waals surface area (Å²) in [7, 11) is -3.81. The van der Waals surface area contributed by atoms with Crippen molar-refractivity contribution in [2.24, 2.45) is 16.7 Å². The molecule has 2 saturated carbocycles. The van der Waals surface area contributed by atoms with Crippen LogP contribution in [0.4, 0.5) is 5.69 Å². The Hall–Kier alpha value is -1.31. The zero-order valence-electron chi connectivity index (χ0n) is 15.1. The second kappa shape index (κ2) is 5.59. The number of hydrogen-bond acceptors (Lipinski definition) is 4. The summed E-state index contributed by atoms with van der Waals surface area (Å²) >= 11 is 6.22. The second-order valence-electron chi connectivity index (χ2n) is 8.40. The molecule has 1 amide bonds. The van der Waals surface area contributed by atoms with Crippen molar-refractivity contribution in [3.8, 4) is 5.75 Å². The number of benzene rings is 1. The van der Waals surface area contributed by atoms with Gasteiger partial charge >= 0.3 is 0 Å². The number of fused-ring (bicyclic) bond motifs is 3. The normalized spacial score (nSPS) is 32.1. The summed E-state index contributed by atoms with van der Waals surface area (Å²) in [6.45, 7) is 6.52. The van der Waals surface area contributed by atoms with Crippen LogP contribution >= 0.6 is 11.6 Å². The molecule has 1 aromatic rings. The molecular formula is C18H23ClN2O4S. The second-order valence-corrected chi connectivity index (χ2v) is 10.5. The zero-order chi connectivity index (χ0) is 18.9. The van der Waals surface area contributed by atoms with E-state index in [4.69, 9.17) is 16.3 Å². The molecule has 3 atom stereocenters. The highest BCUT2D eigenvalue weighted by atomic mass is 35.5. The van der Waals surface area contributed by atoms with Crippen LogP contribution in [0.5, 0.6) is 5.75 Å². The van der Waals surface area contributed by atoms with Gasteiger partial charge < -0.3 is 10.1 Å². The topological polar surface area (TPSA) is 84.5 Å². The summed E-state index contributed by atoms with van der Waals surface area (Å²) in [6.07, 6.45) is 3.01. The summed E-state index contributed by atoms with van der Waals surface area (Å²) in [4.78, 5) is 11.4. The Balaban J connectivity index is 1.65. The quantitative estimate of drug-likeness (QED) is 0.819. The van der Waals surface area contributed by atoms with E-state index in [2.05, 4.69) is 30.8 Å². The van der Waals surface area contributed by atoms with Gasteiger partial charge in [-0.2, -0.15) is 0 Å². The third-order valence-electron chi connectivity index (χ3n) is 7.05. The number of carbonyl (C=O) groups is 1. The van der Waals surface area contributed by atoms with Gasteiger partial charge in [0.2, 0.25) is 10.0 Å². The minimum atomic E-state index is -3.81. The van der Waals surface area contributed by atoms with Gasteiger partial charge in [-0.05, 0) is 42.1 Å². The third kappa shape index (κ3) is 2.47. The third-order valence-corrected chi connectivity index (χ3v) is 8.98. The molecular weight excluding hydrogens is 376 g/mol. The fourth-order valence-electron chi connectivity index (χ4n) is 4.92. The van der Waals surface area contributed by atoms with Crippen molar-refractivity contribution in [1.82, 2.24) is 4.72 Å². The SMILES string of the molecule is CC1(C)[C@H]2CC[C@@]1(C)[C@@H](NS(=O)(=O)c1cc3c(cc1Cl)NC(=O)CO3)C2. The first-order valence-corrected chi connectivity index (χ1v) is 10.7. The molecule has 6 nitrogen and oxygen atoms in total. The van der Waals surface area contributed by atoms with Crippen molar-refractivity contribution in [2.75, 3.05) is 11.9 Å². The van der Waals surface area contributed by atoms with Gasteiger partial charge in [-0.3, -0.25) is 4.79 Å². The van der Waals surface area contributed by atoms with Crippen molar-refractivity contribution >= 4 is 33.2 Å². The van der Waals surface area contributed by atoms with Crippen LogP contribution in [-0.2, 0) is 14.8 Å². The van der Waals surface area contributed by atoms with E-state index >= 15 is 0 Å². The van der Waals surface area contributed by atoms with Crippen molar-refractivity contribution in [2.45, 2.75) is 51.0 Å². The van der Waals surface area contributed by atoms with Gasteiger partial charge in [-0.25, -0.2) is 13.1 Å². The van der Waals surface area contributed by atoms with Crippen LogP contribution in [0.25, 0.3) is 0 Å². The van der Waals surface area contributed by atoms with E-state index in [1.165, 1.54) is 12.1 Å². The van der Waals surface area contributed by atoms with E-state index in [9.17, 15) is 13.2 Å². The van der Waals surface area contributed by atoms with Crippen LogP contribution in [0.2, 0.25) is 5.02 Å². The molecule has 2 N–H and O–H groups in total. The Kier molecular flexibility index (Phi) is 3.89. The first-order valence-electron chi connectivity index (χ1n) is 8.83. The van der Waals surface area contributed by atoms with Crippen molar-refractivity contribution in [3.05, 3.63) is 17.2 Å². The fourth-order valence-corrected chi connectivity index (χ4v) is 6.82. The van der Waals surface area contributed by atoms with Gasteiger partial charge in [0.05, 0.1) is 10.7 Å². The van der Waals surface area contributed by atoms with E-state index in [0.29, 0.717) is 17.4 Å². The highest BCUT2D eigenvalue weighted by Crippen LogP contribution is 2.65. The maximum absolute atomic E-state index is 13.1. The minimum Gasteiger partial charge on any atom is -0.482 e. The number of carbonyl (C=O) groups excluding carboxylic acids is 1. The summed E-state index contributed by atoms with van der Waals surface area (Å²) in [5, 5.41) is 2.69. The maximum Gasteiger partial charge on any atom is 0.262 e. The Morgan fingerprint density at radius 1 is 1.31 bits per heavy atom. The van der Waals surface area contributed by atoms with Crippen LogP contribution in [0.15, 0.2) is 17.0 Å². The fraction of sp³-hybridized carbons (Fsp3) is 0.611. The molecule has 1 aromatic carbocycles. The molecule has 142 valence electrons. The van der Waals surface area contributed by atoms with Crippen molar-refractivity contribution in [1.29, 1.82) is 0 Å². The van der Waals surface area contributed by atoms with E-state index in [-0.39, 0.29) is 39.3 Å². The Labute approximate surface area is 158 Å². The zero-order valence-corrected chi connectivity index (χ0v) is 16.6. The van der Waals surface area contributed by atoms with Gasteiger partial charge in [0.1, 0.15) is 10.6 Å². The number of halogens is 1. The van der Waals surface area contributed by atoms with E-state index < -0.39 is 10.0 Å². The maximum atomic E-state index is 13.1. The standard InChI is InChI=1S/C18H23ClN2O4S/c1-17(2)10-4-5-18(17,3)15(6-10)21-26(23,24)14-8-13-12(7-11(14)19)20-16(22)9-25-13/h7-8,10,15,21H,4-6,9H2,1-3H3,(H,20,22)/t10-,15-,18-/m0/s1. The summed E-state index contributed by atoms with van der Waals surface area (Å²) in [5.41, 5.74) is 0.418. The van der Waals surface area contributed by atoms with Crippen LogP contribution in [0.3, 0.4) is 0 Å². The molecule has 4 rings (SSSR count). The van der Waals surface area contributed by atoms with Gasteiger partial charge in [0.15, 0.2) is 6.61 Å². The molecule has 0 radical (unpaired) electrons. The lowest BCUT2D eigenvalue weighted by molar-refractivity contribution is -0.118. The summed E-state index contributed by atoms with van der Waals surface area (Å²) < 4.78 is 34.3. The van der Waals surface area contributed by atoms with Crippen LogP contribution < -0.4 is 14.8 Å². The smallest absolute Gasteiger partial charge is 0.262 e. The van der Waals surface area contributed by atoms with Gasteiger partial charge in [-0.15, -0.1) is 0 Å². The molecule has 1 aliphatic heterocycles. The predicted molar refractivity (Wildman–Crippen MR) is 98.9 cm³/mol. The van der Waals surface area contributed by atoms with Crippen molar-refractivity contribution < 1.29 is 17.9 Å². The number of ether oxygens (including phenoxy) is 1. The lowest BCUT2D eigenvalue weighted by Gasteiger charge is -2.39. The first kappa shape index (κ1) is 18.1. The molecule has 2 bridgehead atoms. The summed E-state index contributed by atoms with van der Waals surface area (Å²) in [5.74, 6) is 0.547. The monoisotopic (exact) mass is 398 g/mol. The Bertz CT molecular complexity index is 899. The molecule has 0 saturated heterocycles. The number of anilines is 1. The number of hydrogen-bond donors (Lipinski definition) is 2. The molecule has 0 aromatic heterocycles. The number of sulfonamides is 1. The Morgan fingerprint density at radius 2 is 2.04 bits per heavy atom. The average Bonchev–Trinajstić information content (AvgIpc) is 2.87. The van der Waals surface area contributed by atoms with E-state index in [1.807, 2.05) is 0 Å². The number of nitrogens with one attached hydrogen (secondary N) is 2. The van der Waals surface area contributed by atoms with E-state index in [0.717, 1.165) is 19.3 Å². The molecule has 0 unspecified atom stereocenters. The van der Waals surface area contributed by atoms with Crippen LogP contribution in [0, 0.1) is 16.7 Å². The van der Waals surface area contributed by atoms with Crippen LogP contribution in [-0.4, -0.2) is 27.0 Å². The molecule has 1 heterocycles. The highest BCUT2D eigenvalue weighted by Gasteiger charge is 2.62. The summed E-state index contributed by atoms with van der Waals surface area (Å²) in [6, 6.07) is 2.70. The molecule has 2 aliphatic carbocycles. The van der Waals surface area contributed by atoms with E-state index in [1.54, 1.807) is 0 Å². The molecule has 26 heavy (non-hydrogen) atoms. The van der Waals surface area contributed by atoms with Gasteiger partial charge in [-0.1, -0.05) is 32.4 Å². The molecule has 2 fully saturated rings. The predicted octanol–water partition coefficient (Wildman–Crippen LogP) is 3.16. The lowest BCUT2D eigenvalue weighted by Crippen LogP contribution is -2.46. The Morgan fingerprint density at radius 3 is 2.65 bits per heavy atom. The minimum absolute atomic E-state index is 0.0155. The number of amides is 1. The first-order chi connectivity index (χ1) is 12.0. The molecule has 3 aliphatic rings. The average molecular weight is 399 g/mol. The van der Waals surface area contributed by atoms with Crippen LogP contribution in [0.1, 0.15) is 40.0 Å². The molecule has 0 spiro atoms. The van der Waals surface area contributed by atoms with Gasteiger partial charge in [0.25, 0.3) is 5.91 Å². The molecule has 8 heteroatoms. The van der Waals surface area contributed by atoms with Crippen molar-refractivity contribution in [3.63, 3.8) is 0 Å².